The number of aryl methyl sites for hydroxylation is 1. The summed E-state index contributed by atoms with van der Waals surface area (Å²) in [4.78, 5) is 28.3. The fourth-order valence-electron chi connectivity index (χ4n) is 3.25. The number of nitrogens with zero attached hydrogens (tertiary/aromatic N) is 1. The van der Waals surface area contributed by atoms with Crippen LogP contribution in [0.4, 0.5) is 0 Å². The minimum atomic E-state index is -0.367. The van der Waals surface area contributed by atoms with E-state index >= 15 is 0 Å². The maximum Gasteiger partial charge on any atom is 0.264 e. The lowest BCUT2D eigenvalue weighted by atomic mass is 9.87. The highest BCUT2D eigenvalue weighted by Gasteiger charge is 2.31. The Bertz CT molecular complexity index is 567. The number of carbonyl (C=O) groups is 2. The van der Waals surface area contributed by atoms with Gasteiger partial charge in [-0.3, -0.25) is 9.59 Å². The summed E-state index contributed by atoms with van der Waals surface area (Å²) < 4.78 is 0. The third-order valence-corrected chi connectivity index (χ3v) is 5.96. The molecule has 2 unspecified atom stereocenters. The van der Waals surface area contributed by atoms with Crippen LogP contribution in [-0.4, -0.2) is 35.8 Å². The molecule has 1 N–H and O–H groups in total. The lowest BCUT2D eigenvalue weighted by Gasteiger charge is -2.32. The molecule has 5 heteroatoms. The Balaban J connectivity index is 1.80. The second kappa shape index (κ2) is 5.79. The van der Waals surface area contributed by atoms with Crippen molar-refractivity contribution in [1.29, 1.82) is 0 Å². The first kappa shape index (κ1) is 14.6. The molecule has 2 atom stereocenters. The van der Waals surface area contributed by atoms with Crippen molar-refractivity contribution < 1.29 is 9.59 Å². The van der Waals surface area contributed by atoms with Gasteiger partial charge in [0.1, 0.15) is 6.04 Å². The van der Waals surface area contributed by atoms with Gasteiger partial charge in [-0.25, -0.2) is 0 Å². The summed E-state index contributed by atoms with van der Waals surface area (Å²) in [5.74, 6) is 0.724. The Morgan fingerprint density at radius 2 is 2.33 bits per heavy atom. The van der Waals surface area contributed by atoms with E-state index in [-0.39, 0.29) is 17.9 Å². The fraction of sp³-hybridized carbons (Fsp3) is 0.625. The number of rotatable bonds is 2. The van der Waals surface area contributed by atoms with Gasteiger partial charge in [-0.2, -0.15) is 0 Å². The van der Waals surface area contributed by atoms with Gasteiger partial charge >= 0.3 is 0 Å². The number of hydrogen-bond acceptors (Lipinski definition) is 3. The summed E-state index contributed by atoms with van der Waals surface area (Å²) >= 11 is 1.63. The summed E-state index contributed by atoms with van der Waals surface area (Å²) in [5.41, 5.74) is 1.36. The summed E-state index contributed by atoms with van der Waals surface area (Å²) in [6.07, 6.45) is 4.65. The van der Waals surface area contributed by atoms with Gasteiger partial charge in [0.15, 0.2) is 0 Å². The number of fused-ring (bicyclic) bond motifs is 1. The number of carbonyl (C=O) groups excluding carboxylic acids is 2. The highest BCUT2D eigenvalue weighted by molar-refractivity contribution is 7.14. The molecule has 3 rings (SSSR count). The zero-order valence-electron chi connectivity index (χ0n) is 12.6. The standard InChI is InChI=1S/C16H22N2O2S/c1-3-11-4-5-13-12(8-11)9-14(21-13)16(20)18-7-6-17-15(19)10(18)2/h9-11H,3-8H2,1-2H3,(H,17,19). The van der Waals surface area contributed by atoms with Crippen LogP contribution >= 0.6 is 11.3 Å². The van der Waals surface area contributed by atoms with Crippen molar-refractivity contribution in [2.24, 2.45) is 5.92 Å². The predicted octanol–water partition coefficient (Wildman–Crippen LogP) is 2.22. The molecule has 2 amide bonds. The largest absolute Gasteiger partial charge is 0.353 e. The lowest BCUT2D eigenvalue weighted by molar-refractivity contribution is -0.127. The quantitative estimate of drug-likeness (QED) is 0.911. The second-order valence-electron chi connectivity index (χ2n) is 6.04. The van der Waals surface area contributed by atoms with E-state index in [0.717, 1.165) is 23.6 Å². The predicted molar refractivity (Wildman–Crippen MR) is 83.6 cm³/mol. The molecule has 21 heavy (non-hydrogen) atoms. The van der Waals surface area contributed by atoms with Gasteiger partial charge in [-0.15, -0.1) is 11.3 Å². The molecule has 1 aliphatic heterocycles. The van der Waals surface area contributed by atoms with E-state index in [1.165, 1.54) is 23.3 Å². The van der Waals surface area contributed by atoms with Gasteiger partial charge in [-0.1, -0.05) is 13.3 Å². The first-order chi connectivity index (χ1) is 10.1. The molecule has 1 aliphatic carbocycles. The van der Waals surface area contributed by atoms with Crippen LogP contribution in [0.2, 0.25) is 0 Å². The Hall–Kier alpha value is -1.36. The molecule has 1 fully saturated rings. The van der Waals surface area contributed by atoms with Crippen LogP contribution in [0.5, 0.6) is 0 Å². The van der Waals surface area contributed by atoms with Crippen molar-refractivity contribution in [3.63, 3.8) is 0 Å². The smallest absolute Gasteiger partial charge is 0.264 e. The van der Waals surface area contributed by atoms with Crippen molar-refractivity contribution in [3.05, 3.63) is 21.4 Å². The van der Waals surface area contributed by atoms with Gasteiger partial charge in [0.2, 0.25) is 5.91 Å². The number of thiophene rings is 1. The van der Waals surface area contributed by atoms with Gasteiger partial charge in [-0.05, 0) is 43.7 Å². The molecule has 0 bridgehead atoms. The summed E-state index contributed by atoms with van der Waals surface area (Å²) in [6.45, 7) is 5.19. The molecule has 1 aromatic rings. The maximum atomic E-state index is 12.7. The zero-order chi connectivity index (χ0) is 15.0. The second-order valence-corrected chi connectivity index (χ2v) is 7.18. The van der Waals surface area contributed by atoms with Crippen LogP contribution in [0.3, 0.4) is 0 Å². The molecule has 0 radical (unpaired) electrons. The topological polar surface area (TPSA) is 49.4 Å². The number of hydrogen-bond donors (Lipinski definition) is 1. The molecule has 1 aromatic heterocycles. The SMILES string of the molecule is CCC1CCc2sc(C(=O)N3CCNC(=O)C3C)cc2C1. The third-order valence-electron chi connectivity index (χ3n) is 4.73. The van der Waals surface area contributed by atoms with Crippen molar-refractivity contribution in [3.8, 4) is 0 Å². The Kier molecular flexibility index (Phi) is 4.02. The van der Waals surface area contributed by atoms with Gasteiger partial charge in [0, 0.05) is 18.0 Å². The summed E-state index contributed by atoms with van der Waals surface area (Å²) in [6, 6.07) is 1.71. The molecular formula is C16H22N2O2S. The maximum absolute atomic E-state index is 12.7. The zero-order valence-corrected chi connectivity index (χ0v) is 13.5. The molecule has 114 valence electrons. The minimum Gasteiger partial charge on any atom is -0.353 e. The van der Waals surface area contributed by atoms with E-state index in [1.54, 1.807) is 23.2 Å². The number of piperazine rings is 1. The lowest BCUT2D eigenvalue weighted by Crippen LogP contribution is -2.55. The highest BCUT2D eigenvalue weighted by Crippen LogP contribution is 2.34. The van der Waals surface area contributed by atoms with E-state index < -0.39 is 0 Å². The van der Waals surface area contributed by atoms with Crippen LogP contribution in [0, 0.1) is 5.92 Å². The van der Waals surface area contributed by atoms with E-state index in [0.29, 0.717) is 13.1 Å². The number of nitrogens with one attached hydrogen (secondary N) is 1. The van der Waals surface area contributed by atoms with E-state index in [9.17, 15) is 9.59 Å². The Labute approximate surface area is 129 Å². The third kappa shape index (κ3) is 2.71. The highest BCUT2D eigenvalue weighted by atomic mass is 32.1. The number of amides is 2. The molecule has 0 aromatic carbocycles. The van der Waals surface area contributed by atoms with E-state index in [1.807, 2.05) is 0 Å². The van der Waals surface area contributed by atoms with Crippen molar-refractivity contribution >= 4 is 23.2 Å². The van der Waals surface area contributed by atoms with Crippen molar-refractivity contribution in [2.75, 3.05) is 13.1 Å². The Morgan fingerprint density at radius 1 is 1.52 bits per heavy atom. The van der Waals surface area contributed by atoms with Crippen LogP contribution in [0.1, 0.15) is 46.8 Å². The monoisotopic (exact) mass is 306 g/mol. The minimum absolute atomic E-state index is 0.0183. The van der Waals surface area contributed by atoms with Gasteiger partial charge < -0.3 is 10.2 Å². The average molecular weight is 306 g/mol. The van der Waals surface area contributed by atoms with Crippen molar-refractivity contribution in [1.82, 2.24) is 10.2 Å². The fourth-order valence-corrected chi connectivity index (χ4v) is 4.42. The first-order valence-corrected chi connectivity index (χ1v) is 8.62. The summed E-state index contributed by atoms with van der Waals surface area (Å²) in [5, 5.41) is 2.80. The molecule has 0 saturated carbocycles. The molecule has 0 spiro atoms. The van der Waals surface area contributed by atoms with Gasteiger partial charge in [0.05, 0.1) is 4.88 Å². The van der Waals surface area contributed by atoms with Crippen molar-refractivity contribution in [2.45, 2.75) is 45.6 Å². The Morgan fingerprint density at radius 3 is 3.10 bits per heavy atom. The normalized spacial score (nSPS) is 25.4. The van der Waals surface area contributed by atoms with Gasteiger partial charge in [0.25, 0.3) is 5.91 Å². The van der Waals surface area contributed by atoms with Crippen LogP contribution in [0.15, 0.2) is 6.07 Å². The van der Waals surface area contributed by atoms with Crippen LogP contribution in [-0.2, 0) is 17.6 Å². The molecule has 4 nitrogen and oxygen atoms in total. The average Bonchev–Trinajstić information content (AvgIpc) is 2.92. The van der Waals surface area contributed by atoms with E-state index in [2.05, 4.69) is 18.3 Å². The molecular weight excluding hydrogens is 284 g/mol. The molecule has 2 aliphatic rings. The molecule has 1 saturated heterocycles. The summed E-state index contributed by atoms with van der Waals surface area (Å²) in [7, 11) is 0. The molecule has 2 heterocycles. The van der Waals surface area contributed by atoms with E-state index in [4.69, 9.17) is 0 Å². The van der Waals surface area contributed by atoms with Crippen LogP contribution in [0.25, 0.3) is 0 Å². The first-order valence-electron chi connectivity index (χ1n) is 7.80. The van der Waals surface area contributed by atoms with Crippen LogP contribution < -0.4 is 5.32 Å².